The van der Waals surface area contributed by atoms with Gasteiger partial charge in [-0.05, 0) is 19.1 Å². The Morgan fingerprint density at radius 3 is 2.62 bits per heavy atom. The Bertz CT molecular complexity index is 258. The first-order valence-electron chi connectivity index (χ1n) is 4.17. The summed E-state index contributed by atoms with van der Waals surface area (Å²) in [6.07, 6.45) is -0.301. The van der Waals surface area contributed by atoms with E-state index in [1.54, 1.807) is 30.0 Å². The molecule has 0 aliphatic rings. The SMILES string of the molecule is CC(O)C(C)Sc1ccc(CO)s1. The van der Waals surface area contributed by atoms with Gasteiger partial charge in [0.25, 0.3) is 0 Å². The lowest BCUT2D eigenvalue weighted by Gasteiger charge is -2.11. The van der Waals surface area contributed by atoms with Crippen LogP contribution in [0, 0.1) is 0 Å². The van der Waals surface area contributed by atoms with E-state index in [-0.39, 0.29) is 18.0 Å². The molecule has 2 N–H and O–H groups in total. The summed E-state index contributed by atoms with van der Waals surface area (Å²) in [4.78, 5) is 0.972. The fraction of sp³-hybridized carbons (Fsp3) is 0.556. The number of thiophene rings is 1. The molecular formula is C9H14O2S2. The Morgan fingerprint density at radius 1 is 1.46 bits per heavy atom. The van der Waals surface area contributed by atoms with E-state index < -0.39 is 0 Å². The molecule has 0 saturated heterocycles. The molecule has 4 heteroatoms. The number of rotatable bonds is 4. The van der Waals surface area contributed by atoms with Crippen molar-refractivity contribution in [3.63, 3.8) is 0 Å². The van der Waals surface area contributed by atoms with Crippen molar-refractivity contribution in [1.82, 2.24) is 0 Å². The molecule has 2 unspecified atom stereocenters. The van der Waals surface area contributed by atoms with Crippen molar-refractivity contribution in [3.8, 4) is 0 Å². The Morgan fingerprint density at radius 2 is 2.15 bits per heavy atom. The van der Waals surface area contributed by atoms with Crippen molar-refractivity contribution in [1.29, 1.82) is 0 Å². The summed E-state index contributed by atoms with van der Waals surface area (Å²) in [5.41, 5.74) is 0. The summed E-state index contributed by atoms with van der Waals surface area (Å²) in [5.74, 6) is 0. The van der Waals surface area contributed by atoms with Crippen LogP contribution in [0.25, 0.3) is 0 Å². The molecule has 0 bridgehead atoms. The van der Waals surface area contributed by atoms with Crippen molar-refractivity contribution < 1.29 is 10.2 Å². The van der Waals surface area contributed by atoms with E-state index in [4.69, 9.17) is 5.11 Å². The quantitative estimate of drug-likeness (QED) is 0.760. The summed E-state index contributed by atoms with van der Waals surface area (Å²) in [5, 5.41) is 18.3. The number of hydrogen-bond acceptors (Lipinski definition) is 4. The molecule has 13 heavy (non-hydrogen) atoms. The van der Waals surface area contributed by atoms with Crippen molar-refractivity contribution >= 4 is 23.1 Å². The van der Waals surface area contributed by atoms with Gasteiger partial charge < -0.3 is 10.2 Å². The third-order valence-corrected chi connectivity index (χ3v) is 4.31. The van der Waals surface area contributed by atoms with Gasteiger partial charge in [-0.15, -0.1) is 23.1 Å². The minimum atomic E-state index is -0.301. The maximum Gasteiger partial charge on any atom is 0.0774 e. The molecule has 0 radical (unpaired) electrons. The Kier molecular flexibility index (Phi) is 4.25. The van der Waals surface area contributed by atoms with Crippen molar-refractivity contribution in [2.75, 3.05) is 0 Å². The Hall–Kier alpha value is -0.0300. The monoisotopic (exact) mass is 218 g/mol. The highest BCUT2D eigenvalue weighted by molar-refractivity contribution is 8.01. The van der Waals surface area contributed by atoms with Crippen LogP contribution < -0.4 is 0 Å². The lowest BCUT2D eigenvalue weighted by atomic mass is 10.3. The predicted octanol–water partition coefficient (Wildman–Crippen LogP) is 2.10. The van der Waals surface area contributed by atoms with E-state index in [9.17, 15) is 5.11 Å². The highest BCUT2D eigenvalue weighted by atomic mass is 32.2. The molecule has 2 nitrogen and oxygen atoms in total. The molecule has 1 heterocycles. The molecule has 0 aromatic carbocycles. The summed E-state index contributed by atoms with van der Waals surface area (Å²) >= 11 is 3.23. The van der Waals surface area contributed by atoms with E-state index in [1.807, 2.05) is 19.1 Å². The summed E-state index contributed by atoms with van der Waals surface area (Å²) < 4.78 is 1.15. The van der Waals surface area contributed by atoms with Gasteiger partial charge in [-0.3, -0.25) is 0 Å². The first-order chi connectivity index (χ1) is 6.13. The van der Waals surface area contributed by atoms with Gasteiger partial charge in [0, 0.05) is 10.1 Å². The number of aliphatic hydroxyl groups excluding tert-OH is 2. The summed E-state index contributed by atoms with van der Waals surface area (Å²) in [7, 11) is 0. The van der Waals surface area contributed by atoms with Gasteiger partial charge in [0.15, 0.2) is 0 Å². The van der Waals surface area contributed by atoms with Gasteiger partial charge >= 0.3 is 0 Å². The van der Waals surface area contributed by atoms with Gasteiger partial charge in [-0.25, -0.2) is 0 Å². The largest absolute Gasteiger partial charge is 0.392 e. The zero-order chi connectivity index (χ0) is 9.84. The minimum Gasteiger partial charge on any atom is -0.392 e. The molecule has 0 fully saturated rings. The van der Waals surface area contributed by atoms with Crippen molar-refractivity contribution in [2.24, 2.45) is 0 Å². The average molecular weight is 218 g/mol. The highest BCUT2D eigenvalue weighted by Gasteiger charge is 2.11. The van der Waals surface area contributed by atoms with E-state index in [2.05, 4.69) is 0 Å². The normalized spacial score (nSPS) is 15.7. The molecule has 1 aromatic rings. The van der Waals surface area contributed by atoms with Crippen LogP contribution in [0.2, 0.25) is 0 Å². The lowest BCUT2D eigenvalue weighted by Crippen LogP contribution is -2.14. The number of aliphatic hydroxyl groups is 2. The summed E-state index contributed by atoms with van der Waals surface area (Å²) in [6, 6.07) is 3.90. The van der Waals surface area contributed by atoms with E-state index in [1.165, 1.54) is 0 Å². The first kappa shape index (κ1) is 11.0. The van der Waals surface area contributed by atoms with Crippen LogP contribution in [-0.2, 0) is 6.61 Å². The van der Waals surface area contributed by atoms with Crippen LogP contribution in [0.4, 0.5) is 0 Å². The standard InChI is InChI=1S/C9H14O2S2/c1-6(11)7(2)12-9-4-3-8(5-10)13-9/h3-4,6-7,10-11H,5H2,1-2H3. The summed E-state index contributed by atoms with van der Waals surface area (Å²) in [6.45, 7) is 3.89. The third kappa shape index (κ3) is 3.31. The molecular weight excluding hydrogens is 204 g/mol. The smallest absolute Gasteiger partial charge is 0.0774 e. The molecule has 1 aromatic heterocycles. The lowest BCUT2D eigenvalue weighted by molar-refractivity contribution is 0.196. The van der Waals surface area contributed by atoms with Crippen molar-refractivity contribution in [2.45, 2.75) is 36.0 Å². The van der Waals surface area contributed by atoms with Gasteiger partial charge in [-0.2, -0.15) is 0 Å². The van der Waals surface area contributed by atoms with Gasteiger partial charge in [0.2, 0.25) is 0 Å². The topological polar surface area (TPSA) is 40.5 Å². The fourth-order valence-electron chi connectivity index (χ4n) is 0.788. The van der Waals surface area contributed by atoms with E-state index in [0.29, 0.717) is 0 Å². The second-order valence-electron chi connectivity index (χ2n) is 2.94. The molecule has 74 valence electrons. The predicted molar refractivity (Wildman–Crippen MR) is 57.2 cm³/mol. The van der Waals surface area contributed by atoms with Crippen LogP contribution in [0.3, 0.4) is 0 Å². The Labute approximate surface area is 86.6 Å². The molecule has 0 aliphatic heterocycles. The molecule has 0 aliphatic carbocycles. The molecule has 2 atom stereocenters. The second kappa shape index (κ2) is 5.00. The molecule has 0 spiro atoms. The molecule has 0 amide bonds. The van der Waals surface area contributed by atoms with E-state index in [0.717, 1.165) is 9.09 Å². The van der Waals surface area contributed by atoms with Crippen LogP contribution in [-0.4, -0.2) is 21.6 Å². The Balaban J connectivity index is 2.53. The maximum atomic E-state index is 9.28. The fourth-order valence-corrected chi connectivity index (χ4v) is 3.06. The second-order valence-corrected chi connectivity index (χ2v) is 5.79. The van der Waals surface area contributed by atoms with Crippen LogP contribution in [0.15, 0.2) is 16.3 Å². The van der Waals surface area contributed by atoms with Gasteiger partial charge in [0.1, 0.15) is 0 Å². The third-order valence-electron chi connectivity index (χ3n) is 1.77. The number of hydrogen-bond donors (Lipinski definition) is 2. The maximum absolute atomic E-state index is 9.28. The zero-order valence-corrected chi connectivity index (χ0v) is 9.36. The highest BCUT2D eigenvalue weighted by Crippen LogP contribution is 2.31. The van der Waals surface area contributed by atoms with Crippen LogP contribution in [0.5, 0.6) is 0 Å². The van der Waals surface area contributed by atoms with Gasteiger partial charge in [0.05, 0.1) is 16.9 Å². The van der Waals surface area contributed by atoms with Crippen LogP contribution >= 0.6 is 23.1 Å². The molecule has 0 saturated carbocycles. The first-order valence-corrected chi connectivity index (χ1v) is 5.87. The van der Waals surface area contributed by atoms with Gasteiger partial charge in [-0.1, -0.05) is 6.92 Å². The zero-order valence-electron chi connectivity index (χ0n) is 7.73. The van der Waals surface area contributed by atoms with Crippen LogP contribution in [0.1, 0.15) is 18.7 Å². The van der Waals surface area contributed by atoms with Crippen molar-refractivity contribution in [3.05, 3.63) is 17.0 Å². The minimum absolute atomic E-state index is 0.105. The number of thioether (sulfide) groups is 1. The average Bonchev–Trinajstić information content (AvgIpc) is 2.52. The van der Waals surface area contributed by atoms with E-state index >= 15 is 0 Å². The molecule has 1 rings (SSSR count).